The molecule has 0 aliphatic carbocycles. The topological polar surface area (TPSA) is 68.2 Å². The van der Waals surface area contributed by atoms with Crippen LogP contribution in [0.15, 0.2) is 0 Å². The average molecular weight is 266 g/mol. The van der Waals surface area contributed by atoms with Crippen LogP contribution in [-0.4, -0.2) is 61.6 Å². The molecule has 0 aromatic carbocycles. The summed E-state index contributed by atoms with van der Waals surface area (Å²) in [5, 5.41) is 17.6. The third kappa shape index (κ3) is 18.2. The molecular formula is C13H30O5. The number of hydrogen-bond acceptors (Lipinski definition) is 5. The van der Waals surface area contributed by atoms with E-state index in [1.165, 1.54) is 0 Å². The van der Waals surface area contributed by atoms with Gasteiger partial charge in [0.25, 0.3) is 0 Å². The van der Waals surface area contributed by atoms with Crippen LogP contribution in [0.1, 0.15) is 34.6 Å². The van der Waals surface area contributed by atoms with E-state index in [2.05, 4.69) is 0 Å². The van der Waals surface area contributed by atoms with Crippen LogP contribution < -0.4 is 0 Å². The van der Waals surface area contributed by atoms with Crippen molar-refractivity contribution >= 4 is 0 Å². The molecule has 0 saturated carbocycles. The fourth-order valence-electron chi connectivity index (χ4n) is 0.908. The lowest BCUT2D eigenvalue weighted by atomic mass is 10.4. The van der Waals surface area contributed by atoms with Gasteiger partial charge < -0.3 is 24.4 Å². The van der Waals surface area contributed by atoms with Gasteiger partial charge in [0, 0.05) is 13.2 Å². The largest absolute Gasteiger partial charge is 0.394 e. The Morgan fingerprint density at radius 1 is 0.889 bits per heavy atom. The van der Waals surface area contributed by atoms with Gasteiger partial charge in [-0.05, 0) is 34.6 Å². The van der Waals surface area contributed by atoms with E-state index in [-0.39, 0.29) is 18.8 Å². The zero-order valence-corrected chi connectivity index (χ0v) is 12.4. The van der Waals surface area contributed by atoms with E-state index < -0.39 is 6.10 Å². The lowest BCUT2D eigenvalue weighted by Crippen LogP contribution is -2.24. The van der Waals surface area contributed by atoms with Crippen molar-refractivity contribution in [2.24, 2.45) is 0 Å². The summed E-state index contributed by atoms with van der Waals surface area (Å²) in [4.78, 5) is 0. The minimum Gasteiger partial charge on any atom is -0.394 e. The molecule has 0 amide bonds. The van der Waals surface area contributed by atoms with Crippen molar-refractivity contribution in [1.29, 1.82) is 0 Å². The van der Waals surface area contributed by atoms with Crippen molar-refractivity contribution in [3.63, 3.8) is 0 Å². The van der Waals surface area contributed by atoms with Gasteiger partial charge in [-0.1, -0.05) is 0 Å². The Labute approximate surface area is 111 Å². The van der Waals surface area contributed by atoms with Crippen LogP contribution in [0, 0.1) is 0 Å². The predicted molar refractivity (Wildman–Crippen MR) is 71.8 cm³/mol. The second-order valence-electron chi connectivity index (χ2n) is 4.10. The van der Waals surface area contributed by atoms with Crippen molar-refractivity contribution in [3.8, 4) is 0 Å². The highest BCUT2D eigenvalue weighted by atomic mass is 16.5. The molecule has 112 valence electrons. The first-order chi connectivity index (χ1) is 8.47. The molecule has 0 aromatic heterocycles. The molecule has 18 heavy (non-hydrogen) atoms. The molecule has 0 aliphatic rings. The predicted octanol–water partition coefficient (Wildman–Crippen LogP) is 1.21. The molecule has 0 aromatic rings. The first-order valence-electron chi connectivity index (χ1n) is 6.57. The highest BCUT2D eigenvalue weighted by Crippen LogP contribution is 1.97. The van der Waals surface area contributed by atoms with Crippen LogP contribution in [0.5, 0.6) is 0 Å². The van der Waals surface area contributed by atoms with Crippen LogP contribution >= 0.6 is 0 Å². The number of aliphatic hydroxyl groups is 2. The number of hydrogen-bond donors (Lipinski definition) is 2. The zero-order valence-electron chi connectivity index (χ0n) is 12.4. The van der Waals surface area contributed by atoms with Gasteiger partial charge in [0.2, 0.25) is 0 Å². The smallest absolute Gasteiger partial charge is 0.0781 e. The van der Waals surface area contributed by atoms with Crippen LogP contribution in [-0.2, 0) is 14.2 Å². The number of rotatable bonds is 9. The highest BCUT2D eigenvalue weighted by Gasteiger charge is 2.06. The van der Waals surface area contributed by atoms with Crippen molar-refractivity contribution in [2.45, 2.75) is 52.9 Å². The monoisotopic (exact) mass is 266 g/mol. The normalized spacial score (nSPS) is 15.5. The van der Waals surface area contributed by atoms with Crippen LogP contribution in [0.3, 0.4) is 0 Å². The molecule has 0 spiro atoms. The molecule has 0 rings (SSSR count). The molecule has 0 fully saturated rings. The summed E-state index contributed by atoms with van der Waals surface area (Å²) in [6.45, 7) is 11.8. The molecule has 0 heterocycles. The molecule has 3 atom stereocenters. The lowest BCUT2D eigenvalue weighted by Gasteiger charge is -2.16. The Balaban J connectivity index is 0. The Morgan fingerprint density at radius 3 is 1.72 bits per heavy atom. The molecule has 3 unspecified atom stereocenters. The first kappa shape index (κ1) is 20.1. The fourth-order valence-corrected chi connectivity index (χ4v) is 0.908. The second kappa shape index (κ2) is 14.9. The molecule has 5 nitrogen and oxygen atoms in total. The summed E-state index contributed by atoms with van der Waals surface area (Å²) in [6.07, 6.45) is -0.654. The van der Waals surface area contributed by atoms with Gasteiger partial charge in [-0.2, -0.15) is 0 Å². The Hall–Kier alpha value is -0.200. The second-order valence-corrected chi connectivity index (χ2v) is 4.10. The van der Waals surface area contributed by atoms with Crippen LogP contribution in [0.25, 0.3) is 0 Å². The third-order valence-electron chi connectivity index (χ3n) is 1.90. The Morgan fingerprint density at radius 2 is 1.39 bits per heavy atom. The highest BCUT2D eigenvalue weighted by molar-refractivity contribution is 4.52. The molecule has 2 N–H and O–H groups in total. The van der Waals surface area contributed by atoms with Crippen molar-refractivity contribution in [3.05, 3.63) is 0 Å². The summed E-state index contributed by atoms with van der Waals surface area (Å²) < 4.78 is 15.3. The average Bonchev–Trinajstić information content (AvgIpc) is 2.35. The van der Waals surface area contributed by atoms with E-state index in [1.807, 2.05) is 20.8 Å². The fraction of sp³-hybridized carbons (Fsp3) is 1.00. The molecule has 0 aliphatic heterocycles. The van der Waals surface area contributed by atoms with Gasteiger partial charge in [-0.3, -0.25) is 0 Å². The van der Waals surface area contributed by atoms with E-state index in [0.717, 1.165) is 13.2 Å². The minimum atomic E-state index is -0.447. The molecule has 0 bridgehead atoms. The van der Waals surface area contributed by atoms with Crippen LogP contribution in [0.2, 0.25) is 0 Å². The summed E-state index contributed by atoms with van der Waals surface area (Å²) in [7, 11) is 0. The summed E-state index contributed by atoms with van der Waals surface area (Å²) in [5.41, 5.74) is 0. The summed E-state index contributed by atoms with van der Waals surface area (Å²) >= 11 is 0. The number of aliphatic hydroxyl groups excluding tert-OH is 2. The molecule has 5 heteroatoms. The quantitative estimate of drug-likeness (QED) is 0.656. The molecule has 0 saturated heterocycles. The first-order valence-corrected chi connectivity index (χ1v) is 6.57. The molecular weight excluding hydrogens is 236 g/mol. The van der Waals surface area contributed by atoms with Crippen molar-refractivity contribution in [1.82, 2.24) is 0 Å². The molecule has 0 radical (unpaired) electrons. The Bertz CT molecular complexity index is 150. The van der Waals surface area contributed by atoms with Gasteiger partial charge in [-0.25, -0.2) is 0 Å². The maximum atomic E-state index is 8.92. The van der Waals surface area contributed by atoms with Crippen molar-refractivity contribution < 1.29 is 24.4 Å². The third-order valence-corrected chi connectivity index (χ3v) is 1.90. The maximum absolute atomic E-state index is 8.92. The van der Waals surface area contributed by atoms with Gasteiger partial charge in [0.05, 0.1) is 38.1 Å². The van der Waals surface area contributed by atoms with E-state index in [1.54, 1.807) is 13.8 Å². The van der Waals surface area contributed by atoms with E-state index in [4.69, 9.17) is 24.4 Å². The van der Waals surface area contributed by atoms with Gasteiger partial charge in [0.15, 0.2) is 0 Å². The van der Waals surface area contributed by atoms with Crippen molar-refractivity contribution in [2.75, 3.05) is 33.0 Å². The maximum Gasteiger partial charge on any atom is 0.0781 e. The lowest BCUT2D eigenvalue weighted by molar-refractivity contribution is -0.0620. The van der Waals surface area contributed by atoms with E-state index in [0.29, 0.717) is 13.2 Å². The number of ether oxygens (including phenoxy) is 3. The Kier molecular flexibility index (Phi) is 16.6. The van der Waals surface area contributed by atoms with E-state index in [9.17, 15) is 0 Å². The van der Waals surface area contributed by atoms with E-state index >= 15 is 0 Å². The standard InChI is InChI=1S/C9H20O4.C4H10O/c1-7(11)5-12-9(3)6-13-8(2)4-10;1-3-5-4-2/h7-11H,4-6H2,1-3H3;3-4H2,1-2H3. The van der Waals surface area contributed by atoms with Gasteiger partial charge >= 0.3 is 0 Å². The summed E-state index contributed by atoms with van der Waals surface area (Å²) in [5.74, 6) is 0. The van der Waals surface area contributed by atoms with Gasteiger partial charge in [-0.15, -0.1) is 0 Å². The van der Waals surface area contributed by atoms with Gasteiger partial charge in [0.1, 0.15) is 0 Å². The SMILES string of the molecule is CC(O)COC(C)COC(C)CO.CCOCC. The zero-order chi connectivity index (χ0) is 14.4. The van der Waals surface area contributed by atoms with Crippen LogP contribution in [0.4, 0.5) is 0 Å². The summed E-state index contributed by atoms with van der Waals surface area (Å²) in [6, 6.07) is 0. The minimum absolute atomic E-state index is 0.0170.